The van der Waals surface area contributed by atoms with Gasteiger partial charge in [-0.05, 0) is 24.6 Å². The molecule has 4 N–H and O–H groups in total. The molecule has 0 aliphatic heterocycles. The molecule has 0 bridgehead atoms. The molecule has 2 nitrogen and oxygen atoms in total. The van der Waals surface area contributed by atoms with Crippen molar-refractivity contribution < 1.29 is 18.2 Å². The molecule has 0 spiro atoms. The molecule has 4 heteroatoms. The van der Waals surface area contributed by atoms with Crippen LogP contribution < -0.4 is 23.7 Å². The Morgan fingerprint density at radius 1 is 1.45 bits per heavy atom. The van der Waals surface area contributed by atoms with Gasteiger partial charge < -0.3 is 12.4 Å². The highest BCUT2D eigenvalue weighted by molar-refractivity contribution is 6.31. The molecule has 0 aliphatic rings. The fourth-order valence-electron chi connectivity index (χ4n) is 0.703. The largest absolute Gasteiger partial charge is 1.00 e. The number of rotatable bonds is 1. The van der Waals surface area contributed by atoms with Crippen molar-refractivity contribution in [2.75, 3.05) is 5.43 Å². The summed E-state index contributed by atoms with van der Waals surface area (Å²) in [7, 11) is 0. The second kappa shape index (κ2) is 4.44. The van der Waals surface area contributed by atoms with Crippen molar-refractivity contribution in [1.29, 1.82) is 0 Å². The van der Waals surface area contributed by atoms with Gasteiger partial charge >= 0.3 is 0 Å². The predicted octanol–water partition coefficient (Wildman–Crippen LogP) is -1.78. The quantitative estimate of drug-likeness (QED) is 0.508. The number of anilines is 1. The SMILES string of the molecule is Cc1ccc(N[NH3+])cc1Cl.[Cl-]. The van der Waals surface area contributed by atoms with Gasteiger partial charge in [-0.25, -0.2) is 5.43 Å². The summed E-state index contributed by atoms with van der Waals surface area (Å²) >= 11 is 5.82. The number of benzene rings is 1. The van der Waals surface area contributed by atoms with E-state index < -0.39 is 0 Å². The monoisotopic (exact) mass is 192 g/mol. The van der Waals surface area contributed by atoms with Crippen molar-refractivity contribution >= 4 is 17.3 Å². The fraction of sp³-hybridized carbons (Fsp3) is 0.143. The molecular weight excluding hydrogens is 183 g/mol. The van der Waals surface area contributed by atoms with Gasteiger partial charge in [0.05, 0.1) is 5.69 Å². The molecule has 1 rings (SSSR count). The topological polar surface area (TPSA) is 39.7 Å². The summed E-state index contributed by atoms with van der Waals surface area (Å²) in [6.07, 6.45) is 0. The normalized spacial score (nSPS) is 8.64. The van der Waals surface area contributed by atoms with E-state index in [1.54, 1.807) is 0 Å². The lowest BCUT2D eigenvalue weighted by molar-refractivity contribution is -0.325. The van der Waals surface area contributed by atoms with Gasteiger partial charge in [0.2, 0.25) is 0 Å². The number of hydrogen-bond donors (Lipinski definition) is 2. The minimum absolute atomic E-state index is 0. The molecule has 0 saturated carbocycles. The molecule has 0 fully saturated rings. The molecular formula is C7H10Cl2N2. The van der Waals surface area contributed by atoms with E-state index in [1.165, 1.54) is 0 Å². The maximum atomic E-state index is 5.82. The van der Waals surface area contributed by atoms with E-state index in [-0.39, 0.29) is 12.4 Å². The van der Waals surface area contributed by atoms with Crippen LogP contribution in [0, 0.1) is 6.92 Å². The lowest BCUT2D eigenvalue weighted by Crippen LogP contribution is -3.00. The highest BCUT2D eigenvalue weighted by Gasteiger charge is 1.95. The first-order chi connectivity index (χ1) is 4.74. The third-order valence-corrected chi connectivity index (χ3v) is 1.78. The van der Waals surface area contributed by atoms with Crippen LogP contribution in [0.4, 0.5) is 5.69 Å². The van der Waals surface area contributed by atoms with Crippen LogP contribution in [0.3, 0.4) is 0 Å². The lowest BCUT2D eigenvalue weighted by Gasteiger charge is -1.99. The maximum absolute atomic E-state index is 5.82. The van der Waals surface area contributed by atoms with Crippen LogP contribution in [0.1, 0.15) is 5.56 Å². The first kappa shape index (κ1) is 10.6. The van der Waals surface area contributed by atoms with E-state index in [2.05, 4.69) is 11.3 Å². The van der Waals surface area contributed by atoms with Crippen LogP contribution in [0.5, 0.6) is 0 Å². The second-order valence-electron chi connectivity index (χ2n) is 2.14. The van der Waals surface area contributed by atoms with Crippen molar-refractivity contribution in [3.05, 3.63) is 28.8 Å². The van der Waals surface area contributed by atoms with Crippen LogP contribution in [0.2, 0.25) is 5.02 Å². The predicted molar refractivity (Wildman–Crippen MR) is 42.7 cm³/mol. The average Bonchev–Trinajstić information content (AvgIpc) is 1.95. The van der Waals surface area contributed by atoms with E-state index in [4.69, 9.17) is 11.6 Å². The number of aryl methyl sites for hydroxylation is 1. The standard InChI is InChI=1S/C7H9ClN2.ClH/c1-5-2-3-6(10-9)4-7(5)8;/h2-4,10H,9H2,1H3;1H. The zero-order valence-electron chi connectivity index (χ0n) is 6.20. The second-order valence-corrected chi connectivity index (χ2v) is 2.55. The van der Waals surface area contributed by atoms with E-state index >= 15 is 0 Å². The third-order valence-electron chi connectivity index (χ3n) is 1.38. The summed E-state index contributed by atoms with van der Waals surface area (Å²) in [5.74, 6) is 3.52. The molecule has 0 aromatic heterocycles. The Hall–Kier alpha value is -0.440. The Morgan fingerprint density at radius 2 is 2.09 bits per heavy atom. The maximum Gasteiger partial charge on any atom is 0.0862 e. The van der Waals surface area contributed by atoms with Gasteiger partial charge in [0.25, 0.3) is 0 Å². The van der Waals surface area contributed by atoms with Crippen LogP contribution in [0.15, 0.2) is 18.2 Å². The van der Waals surface area contributed by atoms with Gasteiger partial charge in [-0.15, -0.1) is 0 Å². The van der Waals surface area contributed by atoms with Crippen LogP contribution in [-0.4, -0.2) is 0 Å². The van der Waals surface area contributed by atoms with E-state index in [1.807, 2.05) is 25.1 Å². The Bertz CT molecular complexity index is 238. The van der Waals surface area contributed by atoms with Gasteiger partial charge in [0.1, 0.15) is 0 Å². The van der Waals surface area contributed by atoms with Crippen molar-refractivity contribution in [3.8, 4) is 0 Å². The van der Waals surface area contributed by atoms with Crippen molar-refractivity contribution in [2.45, 2.75) is 6.92 Å². The minimum Gasteiger partial charge on any atom is -1.00 e. The summed E-state index contributed by atoms with van der Waals surface area (Å²) in [6.45, 7) is 1.97. The molecule has 0 amide bonds. The van der Waals surface area contributed by atoms with E-state index in [9.17, 15) is 0 Å². The molecule has 62 valence electrons. The Kier molecular flexibility index (Phi) is 4.26. The number of nitrogens with one attached hydrogen (secondary N) is 1. The fourth-order valence-corrected chi connectivity index (χ4v) is 0.883. The van der Waals surface area contributed by atoms with Crippen molar-refractivity contribution in [2.24, 2.45) is 0 Å². The summed E-state index contributed by atoms with van der Waals surface area (Å²) in [6, 6.07) is 5.74. The highest BCUT2D eigenvalue weighted by atomic mass is 35.5. The smallest absolute Gasteiger partial charge is 0.0862 e. The zero-order valence-corrected chi connectivity index (χ0v) is 7.71. The molecule has 0 saturated heterocycles. The molecule has 11 heavy (non-hydrogen) atoms. The number of halogens is 2. The van der Waals surface area contributed by atoms with E-state index in [0.29, 0.717) is 0 Å². The number of hydrogen-bond acceptors (Lipinski definition) is 1. The molecule has 0 heterocycles. The van der Waals surface area contributed by atoms with Crippen LogP contribution in [-0.2, 0) is 0 Å². The zero-order chi connectivity index (χ0) is 7.56. The van der Waals surface area contributed by atoms with Gasteiger partial charge in [0.15, 0.2) is 0 Å². The molecule has 1 aromatic rings. The van der Waals surface area contributed by atoms with Crippen molar-refractivity contribution in [3.63, 3.8) is 0 Å². The van der Waals surface area contributed by atoms with Gasteiger partial charge in [0, 0.05) is 5.02 Å². The molecule has 0 radical (unpaired) electrons. The Balaban J connectivity index is 0.000001000. The first-order valence-corrected chi connectivity index (χ1v) is 3.41. The van der Waals surface area contributed by atoms with Crippen LogP contribution in [0.25, 0.3) is 0 Å². The van der Waals surface area contributed by atoms with Gasteiger partial charge in [-0.2, -0.15) is 0 Å². The molecule has 0 aliphatic carbocycles. The van der Waals surface area contributed by atoms with E-state index in [0.717, 1.165) is 16.3 Å². The van der Waals surface area contributed by atoms with Gasteiger partial charge in [-0.3, -0.25) is 5.84 Å². The Labute approximate surface area is 77.1 Å². The summed E-state index contributed by atoms with van der Waals surface area (Å²) in [5, 5.41) is 0.772. The Morgan fingerprint density at radius 3 is 2.55 bits per heavy atom. The first-order valence-electron chi connectivity index (χ1n) is 3.03. The third kappa shape index (κ3) is 2.58. The van der Waals surface area contributed by atoms with Gasteiger partial charge in [-0.1, -0.05) is 17.7 Å². The molecule has 0 unspecified atom stereocenters. The summed E-state index contributed by atoms with van der Waals surface area (Å²) in [5.41, 5.74) is 4.78. The summed E-state index contributed by atoms with van der Waals surface area (Å²) in [4.78, 5) is 0. The van der Waals surface area contributed by atoms with Crippen molar-refractivity contribution in [1.82, 2.24) is 0 Å². The average molecular weight is 193 g/mol. The highest BCUT2D eigenvalue weighted by Crippen LogP contribution is 2.18. The summed E-state index contributed by atoms with van der Waals surface area (Å²) < 4.78 is 0. The molecule has 1 aromatic carbocycles. The minimum atomic E-state index is 0. The lowest BCUT2D eigenvalue weighted by atomic mass is 10.2. The number of quaternary nitrogens is 1. The van der Waals surface area contributed by atoms with Crippen LogP contribution >= 0.6 is 11.6 Å². The molecule has 0 atom stereocenters.